The van der Waals surface area contributed by atoms with Crippen molar-refractivity contribution in [3.63, 3.8) is 0 Å². The zero-order valence-electron chi connectivity index (χ0n) is 15.4. The van der Waals surface area contributed by atoms with Crippen LogP contribution >= 0.6 is 24.0 Å². The summed E-state index contributed by atoms with van der Waals surface area (Å²) in [7, 11) is 0. The third-order valence-electron chi connectivity index (χ3n) is 4.28. The predicted octanol–water partition coefficient (Wildman–Crippen LogP) is 1.39. The van der Waals surface area contributed by atoms with Gasteiger partial charge in [-0.15, -0.1) is 24.0 Å². The molecule has 0 aromatic carbocycles. The topological polar surface area (TPSA) is 74.5 Å². The minimum absolute atomic E-state index is 0. The van der Waals surface area contributed by atoms with Gasteiger partial charge >= 0.3 is 0 Å². The van der Waals surface area contributed by atoms with Gasteiger partial charge in [0.1, 0.15) is 5.82 Å². The summed E-state index contributed by atoms with van der Waals surface area (Å²) in [6.45, 7) is 10.2. The van der Waals surface area contributed by atoms with Gasteiger partial charge in [0.05, 0.1) is 6.54 Å². The summed E-state index contributed by atoms with van der Waals surface area (Å²) in [6.07, 6.45) is 7.40. The molecule has 3 rings (SSSR count). The average molecular weight is 470 g/mol. The van der Waals surface area contributed by atoms with E-state index in [1.54, 1.807) is 12.4 Å². The summed E-state index contributed by atoms with van der Waals surface area (Å²) < 4.78 is 2.12. The van der Waals surface area contributed by atoms with Gasteiger partial charge in [0.15, 0.2) is 5.96 Å². The average Bonchev–Trinajstić information content (AvgIpc) is 3.07. The van der Waals surface area contributed by atoms with E-state index < -0.39 is 0 Å². The van der Waals surface area contributed by atoms with Gasteiger partial charge in [-0.2, -0.15) is 0 Å². The summed E-state index contributed by atoms with van der Waals surface area (Å²) in [5.41, 5.74) is 0. The van der Waals surface area contributed by atoms with Gasteiger partial charge in [-0.1, -0.05) is 0 Å². The third kappa shape index (κ3) is 5.29. The minimum Gasteiger partial charge on any atom is -0.357 e. The highest BCUT2D eigenvalue weighted by Gasteiger charge is 2.20. The number of imidazole rings is 1. The molecule has 8 nitrogen and oxygen atoms in total. The first kappa shape index (κ1) is 20.4. The summed E-state index contributed by atoms with van der Waals surface area (Å²) in [4.78, 5) is 22.2. The molecule has 3 heterocycles. The summed E-state index contributed by atoms with van der Waals surface area (Å²) in [6, 6.07) is 1.84. The number of aromatic nitrogens is 4. The van der Waals surface area contributed by atoms with Crippen molar-refractivity contribution >= 4 is 35.9 Å². The number of nitrogens with one attached hydrogen (secondary N) is 1. The van der Waals surface area contributed by atoms with Crippen LogP contribution in [0.15, 0.2) is 35.8 Å². The van der Waals surface area contributed by atoms with Gasteiger partial charge < -0.3 is 19.7 Å². The predicted molar refractivity (Wildman–Crippen MR) is 114 cm³/mol. The highest BCUT2D eigenvalue weighted by Crippen LogP contribution is 2.09. The number of nitrogens with zero attached hydrogens (tertiary/aromatic N) is 7. The largest absolute Gasteiger partial charge is 0.357 e. The maximum atomic E-state index is 4.78. The van der Waals surface area contributed by atoms with E-state index in [1.165, 1.54) is 0 Å². The van der Waals surface area contributed by atoms with Crippen molar-refractivity contribution in [2.24, 2.45) is 4.99 Å². The molecule has 0 amide bonds. The molecule has 0 saturated carbocycles. The van der Waals surface area contributed by atoms with Crippen molar-refractivity contribution in [3.05, 3.63) is 36.7 Å². The highest BCUT2D eigenvalue weighted by atomic mass is 127. The number of guanidine groups is 1. The van der Waals surface area contributed by atoms with Gasteiger partial charge in [0, 0.05) is 64.1 Å². The number of aliphatic imine (C=N–C) groups is 1. The molecule has 26 heavy (non-hydrogen) atoms. The molecule has 1 N–H and O–H groups in total. The SMILES string of the molecule is CCNC(=NCCn1ccnc1C)N1CCN(c2ncccn2)CC1.I. The Balaban J connectivity index is 0.00000243. The molecule has 0 aliphatic carbocycles. The van der Waals surface area contributed by atoms with Gasteiger partial charge in [-0.05, 0) is 19.9 Å². The number of aryl methyl sites for hydroxylation is 1. The summed E-state index contributed by atoms with van der Waals surface area (Å²) in [5, 5.41) is 3.40. The quantitative estimate of drug-likeness (QED) is 0.405. The molecule has 0 spiro atoms. The Hall–Kier alpha value is -1.91. The zero-order chi connectivity index (χ0) is 17.5. The second-order valence-corrected chi connectivity index (χ2v) is 5.93. The van der Waals surface area contributed by atoms with Crippen molar-refractivity contribution in [2.45, 2.75) is 20.4 Å². The maximum Gasteiger partial charge on any atom is 0.225 e. The number of piperazine rings is 1. The second kappa shape index (κ2) is 10.3. The zero-order valence-corrected chi connectivity index (χ0v) is 17.7. The molecule has 1 saturated heterocycles. The fraction of sp³-hybridized carbons (Fsp3) is 0.529. The van der Waals surface area contributed by atoms with E-state index in [1.807, 2.05) is 25.4 Å². The van der Waals surface area contributed by atoms with E-state index in [-0.39, 0.29) is 24.0 Å². The molecule has 1 fully saturated rings. The van der Waals surface area contributed by atoms with E-state index in [2.05, 4.69) is 41.6 Å². The van der Waals surface area contributed by atoms with Crippen molar-refractivity contribution < 1.29 is 0 Å². The number of anilines is 1. The molecule has 2 aromatic rings. The Morgan fingerprint density at radius 1 is 1.12 bits per heavy atom. The number of halogens is 1. The van der Waals surface area contributed by atoms with Crippen LogP contribution in [0.4, 0.5) is 5.95 Å². The molecule has 0 bridgehead atoms. The van der Waals surface area contributed by atoms with E-state index in [4.69, 9.17) is 4.99 Å². The molecular formula is C17H27IN8. The number of hydrogen-bond acceptors (Lipinski definition) is 5. The Bertz CT molecular complexity index is 679. The molecular weight excluding hydrogens is 443 g/mol. The first-order valence-corrected chi connectivity index (χ1v) is 8.81. The Labute approximate surface area is 171 Å². The van der Waals surface area contributed by atoms with Crippen LogP contribution in [0.2, 0.25) is 0 Å². The third-order valence-corrected chi connectivity index (χ3v) is 4.28. The fourth-order valence-corrected chi connectivity index (χ4v) is 2.90. The van der Waals surface area contributed by atoms with Crippen LogP contribution in [-0.4, -0.2) is 69.6 Å². The van der Waals surface area contributed by atoms with Crippen molar-refractivity contribution in [1.82, 2.24) is 29.7 Å². The second-order valence-electron chi connectivity index (χ2n) is 5.93. The van der Waals surface area contributed by atoms with Gasteiger partial charge in [-0.3, -0.25) is 4.99 Å². The fourth-order valence-electron chi connectivity index (χ4n) is 2.90. The molecule has 0 atom stereocenters. The first-order chi connectivity index (χ1) is 12.3. The van der Waals surface area contributed by atoms with Crippen LogP contribution in [-0.2, 0) is 6.54 Å². The van der Waals surface area contributed by atoms with Crippen LogP contribution in [0.1, 0.15) is 12.7 Å². The minimum atomic E-state index is 0. The number of hydrogen-bond donors (Lipinski definition) is 1. The Morgan fingerprint density at radius 2 is 1.85 bits per heavy atom. The van der Waals surface area contributed by atoms with Gasteiger partial charge in [0.25, 0.3) is 0 Å². The lowest BCUT2D eigenvalue weighted by molar-refractivity contribution is 0.370. The van der Waals surface area contributed by atoms with E-state index in [9.17, 15) is 0 Å². The van der Waals surface area contributed by atoms with E-state index in [0.717, 1.165) is 63.5 Å². The van der Waals surface area contributed by atoms with Crippen LogP contribution in [0.25, 0.3) is 0 Å². The van der Waals surface area contributed by atoms with Crippen LogP contribution < -0.4 is 10.2 Å². The van der Waals surface area contributed by atoms with Crippen LogP contribution in [0.5, 0.6) is 0 Å². The van der Waals surface area contributed by atoms with Gasteiger partial charge in [0.2, 0.25) is 5.95 Å². The Kier molecular flexibility index (Phi) is 8.07. The smallest absolute Gasteiger partial charge is 0.225 e. The molecule has 2 aromatic heterocycles. The summed E-state index contributed by atoms with van der Waals surface area (Å²) >= 11 is 0. The molecule has 1 aliphatic rings. The number of rotatable bonds is 5. The monoisotopic (exact) mass is 470 g/mol. The summed E-state index contributed by atoms with van der Waals surface area (Å²) in [5.74, 6) is 2.81. The van der Waals surface area contributed by atoms with Crippen molar-refractivity contribution in [1.29, 1.82) is 0 Å². The molecule has 0 radical (unpaired) electrons. The lowest BCUT2D eigenvalue weighted by Crippen LogP contribution is -2.53. The molecule has 9 heteroatoms. The lowest BCUT2D eigenvalue weighted by atomic mass is 10.3. The standard InChI is InChI=1S/C17H26N8.HI/c1-3-18-16(22-8-10-23-9-7-19-15(23)2)24-11-13-25(14-12-24)17-20-5-4-6-21-17;/h4-7,9H,3,8,10-14H2,1-2H3,(H,18,22);1H. The van der Waals surface area contributed by atoms with Crippen molar-refractivity contribution in [2.75, 3.05) is 44.2 Å². The molecule has 142 valence electrons. The maximum absolute atomic E-state index is 4.78. The van der Waals surface area contributed by atoms with Gasteiger partial charge in [-0.25, -0.2) is 15.0 Å². The first-order valence-electron chi connectivity index (χ1n) is 8.81. The molecule has 1 aliphatic heterocycles. The molecule has 0 unspecified atom stereocenters. The normalized spacial score (nSPS) is 14.9. The van der Waals surface area contributed by atoms with Crippen molar-refractivity contribution in [3.8, 4) is 0 Å². The van der Waals surface area contributed by atoms with Crippen LogP contribution in [0.3, 0.4) is 0 Å². The van der Waals surface area contributed by atoms with E-state index >= 15 is 0 Å². The highest BCUT2D eigenvalue weighted by molar-refractivity contribution is 14.0. The van der Waals surface area contributed by atoms with Crippen LogP contribution in [0, 0.1) is 6.92 Å². The van der Waals surface area contributed by atoms with E-state index in [0.29, 0.717) is 0 Å². The lowest BCUT2D eigenvalue weighted by Gasteiger charge is -2.36. The Morgan fingerprint density at radius 3 is 2.46 bits per heavy atom.